The number of hydrogen-bond acceptors (Lipinski definition) is 2. The van der Waals surface area contributed by atoms with E-state index in [0.29, 0.717) is 18.0 Å². The fraction of sp³-hybridized carbons (Fsp3) is 0.471. The molecule has 0 saturated carbocycles. The second kappa shape index (κ2) is 8.39. The molecular formula is C17H23NO2. The van der Waals surface area contributed by atoms with E-state index in [1.165, 1.54) is 0 Å². The highest BCUT2D eigenvalue weighted by molar-refractivity contribution is 5.94. The van der Waals surface area contributed by atoms with Crippen molar-refractivity contribution in [3.8, 4) is 11.8 Å². The van der Waals surface area contributed by atoms with Gasteiger partial charge in [0.05, 0.1) is 0 Å². The first-order valence-corrected chi connectivity index (χ1v) is 7.11. The van der Waals surface area contributed by atoms with Gasteiger partial charge in [-0.1, -0.05) is 38.2 Å². The number of aliphatic hydroxyl groups excluding tert-OH is 1. The molecule has 0 heterocycles. The molecule has 0 radical (unpaired) electrons. The van der Waals surface area contributed by atoms with Crippen LogP contribution in [0, 0.1) is 17.8 Å². The number of aliphatic hydroxyl groups is 1. The molecule has 20 heavy (non-hydrogen) atoms. The zero-order valence-corrected chi connectivity index (χ0v) is 12.5. The highest BCUT2D eigenvalue weighted by atomic mass is 16.2. The van der Waals surface area contributed by atoms with Crippen molar-refractivity contribution in [1.29, 1.82) is 0 Å². The Morgan fingerprint density at radius 2 is 2.15 bits per heavy atom. The fourth-order valence-electron chi connectivity index (χ4n) is 1.92. The zero-order valence-electron chi connectivity index (χ0n) is 12.5. The lowest BCUT2D eigenvalue weighted by atomic mass is 10.1. The minimum atomic E-state index is -0.173. The van der Waals surface area contributed by atoms with Crippen molar-refractivity contribution in [2.45, 2.75) is 27.2 Å². The van der Waals surface area contributed by atoms with Gasteiger partial charge in [-0.25, -0.2) is 0 Å². The standard InChI is InChI=1S/C17H23NO2/c1-4-14(3)13-18(5-2)17(20)16-10-6-8-15(12-16)9-7-11-19/h6,8,10,12,14,19H,4-5,11,13H2,1-3H3. The molecule has 3 heteroatoms. The molecule has 0 aliphatic heterocycles. The van der Waals surface area contributed by atoms with Crippen molar-refractivity contribution < 1.29 is 9.90 Å². The van der Waals surface area contributed by atoms with Crippen molar-refractivity contribution in [3.63, 3.8) is 0 Å². The quantitative estimate of drug-likeness (QED) is 0.838. The molecule has 0 aliphatic carbocycles. The predicted molar refractivity (Wildman–Crippen MR) is 81.4 cm³/mol. The topological polar surface area (TPSA) is 40.5 Å². The van der Waals surface area contributed by atoms with Crippen molar-refractivity contribution in [3.05, 3.63) is 35.4 Å². The van der Waals surface area contributed by atoms with Gasteiger partial charge in [0.25, 0.3) is 5.91 Å². The van der Waals surface area contributed by atoms with Gasteiger partial charge in [0.15, 0.2) is 0 Å². The second-order valence-electron chi connectivity index (χ2n) is 4.90. The molecule has 108 valence electrons. The monoisotopic (exact) mass is 273 g/mol. The molecule has 0 aromatic heterocycles. The van der Waals surface area contributed by atoms with E-state index in [4.69, 9.17) is 5.11 Å². The Balaban J connectivity index is 2.89. The summed E-state index contributed by atoms with van der Waals surface area (Å²) in [4.78, 5) is 14.3. The van der Waals surface area contributed by atoms with Crippen molar-refractivity contribution in [2.24, 2.45) is 5.92 Å². The van der Waals surface area contributed by atoms with E-state index >= 15 is 0 Å². The summed E-state index contributed by atoms with van der Waals surface area (Å²) in [5.74, 6) is 5.96. The lowest BCUT2D eigenvalue weighted by Crippen LogP contribution is -2.34. The van der Waals surface area contributed by atoms with Crippen LogP contribution in [-0.4, -0.2) is 35.6 Å². The number of amides is 1. The Hall–Kier alpha value is -1.79. The third kappa shape index (κ3) is 4.71. The molecule has 1 N–H and O–H groups in total. The second-order valence-corrected chi connectivity index (χ2v) is 4.90. The first-order valence-electron chi connectivity index (χ1n) is 7.11. The summed E-state index contributed by atoms with van der Waals surface area (Å²) in [5.41, 5.74) is 1.41. The minimum Gasteiger partial charge on any atom is -0.384 e. The van der Waals surface area contributed by atoms with Crippen LogP contribution in [0.2, 0.25) is 0 Å². The summed E-state index contributed by atoms with van der Waals surface area (Å²) in [7, 11) is 0. The van der Waals surface area contributed by atoms with E-state index in [0.717, 1.165) is 18.5 Å². The Kier molecular flexibility index (Phi) is 6.83. The van der Waals surface area contributed by atoms with Gasteiger partial charge >= 0.3 is 0 Å². The number of rotatable bonds is 5. The lowest BCUT2D eigenvalue weighted by Gasteiger charge is -2.24. The van der Waals surface area contributed by atoms with Crippen molar-refractivity contribution in [2.75, 3.05) is 19.7 Å². The maximum absolute atomic E-state index is 12.5. The minimum absolute atomic E-state index is 0.0421. The molecule has 0 fully saturated rings. The highest BCUT2D eigenvalue weighted by Gasteiger charge is 2.16. The first kappa shape index (κ1) is 16.3. The van der Waals surface area contributed by atoms with Crippen LogP contribution in [-0.2, 0) is 0 Å². The SMILES string of the molecule is CCC(C)CN(CC)C(=O)c1cccc(C#CCO)c1. The molecule has 1 aromatic rings. The van der Waals surface area contributed by atoms with Crippen LogP contribution in [0.25, 0.3) is 0 Å². The largest absolute Gasteiger partial charge is 0.384 e. The van der Waals surface area contributed by atoms with Crippen LogP contribution in [0.3, 0.4) is 0 Å². The Bertz CT molecular complexity index is 499. The summed E-state index contributed by atoms with van der Waals surface area (Å²) >= 11 is 0. The van der Waals surface area contributed by atoms with Gasteiger partial charge < -0.3 is 10.0 Å². The average molecular weight is 273 g/mol. The molecule has 0 bridgehead atoms. The smallest absolute Gasteiger partial charge is 0.253 e. The Morgan fingerprint density at radius 1 is 1.40 bits per heavy atom. The van der Waals surface area contributed by atoms with E-state index in [-0.39, 0.29) is 12.5 Å². The van der Waals surface area contributed by atoms with Crippen LogP contribution in [0.5, 0.6) is 0 Å². The Labute approximate surface area is 121 Å². The molecule has 1 amide bonds. The molecule has 3 nitrogen and oxygen atoms in total. The number of hydrogen-bond donors (Lipinski definition) is 1. The molecule has 1 rings (SSSR count). The van der Waals surface area contributed by atoms with Gasteiger partial charge in [-0.05, 0) is 31.0 Å². The third-order valence-electron chi connectivity index (χ3n) is 3.32. The summed E-state index contributed by atoms with van der Waals surface area (Å²) in [6.45, 7) is 7.59. The number of carbonyl (C=O) groups is 1. The van der Waals surface area contributed by atoms with E-state index in [1.807, 2.05) is 30.0 Å². The molecule has 1 unspecified atom stereocenters. The first-order chi connectivity index (χ1) is 9.62. The van der Waals surface area contributed by atoms with E-state index in [9.17, 15) is 4.79 Å². The number of benzene rings is 1. The molecule has 1 aromatic carbocycles. The average Bonchev–Trinajstić information content (AvgIpc) is 2.49. The van der Waals surface area contributed by atoms with Crippen LogP contribution in [0.4, 0.5) is 0 Å². The van der Waals surface area contributed by atoms with Gasteiger partial charge in [0, 0.05) is 24.2 Å². The van der Waals surface area contributed by atoms with Gasteiger partial charge in [-0.2, -0.15) is 0 Å². The molecule has 1 atom stereocenters. The van der Waals surface area contributed by atoms with E-state index in [2.05, 4.69) is 25.7 Å². The summed E-state index contributed by atoms with van der Waals surface area (Å²) in [5, 5.41) is 8.71. The lowest BCUT2D eigenvalue weighted by molar-refractivity contribution is 0.0741. The van der Waals surface area contributed by atoms with E-state index in [1.54, 1.807) is 6.07 Å². The summed E-state index contributed by atoms with van der Waals surface area (Å²) in [6.07, 6.45) is 1.06. The van der Waals surface area contributed by atoms with Gasteiger partial charge in [0.2, 0.25) is 0 Å². The maximum atomic E-state index is 12.5. The van der Waals surface area contributed by atoms with Crippen LogP contribution in [0.1, 0.15) is 43.1 Å². The molecule has 0 spiro atoms. The van der Waals surface area contributed by atoms with Crippen molar-refractivity contribution >= 4 is 5.91 Å². The fourth-order valence-corrected chi connectivity index (χ4v) is 1.92. The molecule has 0 aliphatic rings. The van der Waals surface area contributed by atoms with Gasteiger partial charge in [-0.15, -0.1) is 0 Å². The molecule has 0 saturated heterocycles. The normalized spacial score (nSPS) is 11.4. The van der Waals surface area contributed by atoms with Crippen LogP contribution >= 0.6 is 0 Å². The van der Waals surface area contributed by atoms with Crippen LogP contribution < -0.4 is 0 Å². The van der Waals surface area contributed by atoms with Crippen molar-refractivity contribution in [1.82, 2.24) is 4.90 Å². The van der Waals surface area contributed by atoms with Crippen LogP contribution in [0.15, 0.2) is 24.3 Å². The maximum Gasteiger partial charge on any atom is 0.253 e. The number of carbonyl (C=O) groups excluding carboxylic acids is 1. The summed E-state index contributed by atoms with van der Waals surface area (Å²) in [6, 6.07) is 7.26. The predicted octanol–water partition coefficient (Wildman–Crippen LogP) is 2.54. The third-order valence-corrected chi connectivity index (χ3v) is 3.32. The van der Waals surface area contributed by atoms with Gasteiger partial charge in [0.1, 0.15) is 6.61 Å². The number of nitrogens with zero attached hydrogens (tertiary/aromatic N) is 1. The van der Waals surface area contributed by atoms with E-state index < -0.39 is 0 Å². The summed E-state index contributed by atoms with van der Waals surface area (Å²) < 4.78 is 0. The zero-order chi connectivity index (χ0) is 15.0. The van der Waals surface area contributed by atoms with Gasteiger partial charge in [-0.3, -0.25) is 4.79 Å². The molecular weight excluding hydrogens is 250 g/mol. The Morgan fingerprint density at radius 3 is 2.75 bits per heavy atom. The highest BCUT2D eigenvalue weighted by Crippen LogP contribution is 2.11.